The number of amides is 2. The fourth-order valence-corrected chi connectivity index (χ4v) is 2.97. The number of carboxylic acid groups (broad SMARTS) is 1. The molecule has 1 atom stereocenters. The van der Waals surface area contributed by atoms with E-state index in [1.807, 2.05) is 5.38 Å². The van der Waals surface area contributed by atoms with Crippen LogP contribution < -0.4 is 5.32 Å². The first-order valence-corrected chi connectivity index (χ1v) is 7.81. The maximum Gasteiger partial charge on any atom is 0.323 e. The Bertz CT molecular complexity index is 544. The van der Waals surface area contributed by atoms with Crippen molar-refractivity contribution < 1.29 is 14.7 Å². The van der Waals surface area contributed by atoms with Crippen molar-refractivity contribution in [1.82, 2.24) is 9.88 Å². The van der Waals surface area contributed by atoms with Gasteiger partial charge in [-0.15, -0.1) is 11.3 Å². The van der Waals surface area contributed by atoms with Gasteiger partial charge in [0.15, 0.2) is 5.13 Å². The van der Waals surface area contributed by atoms with Crippen molar-refractivity contribution in [2.75, 3.05) is 18.4 Å². The van der Waals surface area contributed by atoms with Crippen molar-refractivity contribution in [2.24, 2.45) is 11.8 Å². The van der Waals surface area contributed by atoms with Crippen LogP contribution in [0.4, 0.5) is 9.93 Å². The fraction of sp³-hybridized carbons (Fsp3) is 0.643. The molecular formula is C14H21N3O3S. The van der Waals surface area contributed by atoms with Crippen LogP contribution in [0.25, 0.3) is 0 Å². The first-order valence-electron chi connectivity index (χ1n) is 6.93. The molecule has 1 aromatic rings. The largest absolute Gasteiger partial charge is 0.481 e. The Labute approximate surface area is 128 Å². The van der Waals surface area contributed by atoms with Crippen molar-refractivity contribution >= 4 is 28.5 Å². The number of urea groups is 1. The van der Waals surface area contributed by atoms with Gasteiger partial charge in [-0.1, -0.05) is 27.7 Å². The first-order chi connectivity index (χ1) is 9.68. The quantitative estimate of drug-likeness (QED) is 0.899. The van der Waals surface area contributed by atoms with E-state index in [0.717, 1.165) is 5.69 Å². The summed E-state index contributed by atoms with van der Waals surface area (Å²) in [7, 11) is 0. The van der Waals surface area contributed by atoms with Gasteiger partial charge in [0, 0.05) is 29.8 Å². The molecule has 0 aliphatic carbocycles. The molecule has 1 unspecified atom stereocenters. The number of thiazole rings is 1. The second-order valence-corrected chi connectivity index (χ2v) is 7.37. The molecule has 0 bridgehead atoms. The number of carbonyl (C=O) groups is 2. The second-order valence-electron chi connectivity index (χ2n) is 6.51. The summed E-state index contributed by atoms with van der Waals surface area (Å²) in [5.74, 6) is -1.19. The second kappa shape index (κ2) is 5.63. The van der Waals surface area contributed by atoms with Gasteiger partial charge in [0.25, 0.3) is 0 Å². The molecule has 1 aliphatic heterocycles. The minimum atomic E-state index is -0.810. The maximum atomic E-state index is 12.0. The van der Waals surface area contributed by atoms with E-state index in [-0.39, 0.29) is 17.4 Å². The molecule has 0 aromatic carbocycles. The lowest BCUT2D eigenvalue weighted by Crippen LogP contribution is -2.54. The number of carbonyl (C=O) groups excluding carboxylic acids is 1. The lowest BCUT2D eigenvalue weighted by molar-refractivity contribution is -0.144. The molecule has 1 fully saturated rings. The van der Waals surface area contributed by atoms with Gasteiger partial charge in [-0.3, -0.25) is 10.1 Å². The molecule has 116 valence electrons. The van der Waals surface area contributed by atoms with E-state index in [4.69, 9.17) is 5.11 Å². The van der Waals surface area contributed by atoms with Crippen molar-refractivity contribution in [1.29, 1.82) is 0 Å². The topological polar surface area (TPSA) is 82.5 Å². The van der Waals surface area contributed by atoms with Gasteiger partial charge in [0.2, 0.25) is 0 Å². The van der Waals surface area contributed by atoms with E-state index >= 15 is 0 Å². The van der Waals surface area contributed by atoms with Crippen molar-refractivity contribution in [3.63, 3.8) is 0 Å². The summed E-state index contributed by atoms with van der Waals surface area (Å²) in [5.41, 5.74) is 0.905. The fourth-order valence-electron chi connectivity index (χ4n) is 2.04. The van der Waals surface area contributed by atoms with E-state index in [1.165, 1.54) is 11.3 Å². The van der Waals surface area contributed by atoms with Crippen LogP contribution in [-0.2, 0) is 10.2 Å². The van der Waals surface area contributed by atoms with Crippen LogP contribution in [-0.4, -0.2) is 40.1 Å². The maximum absolute atomic E-state index is 12.0. The average Bonchev–Trinajstić information content (AvgIpc) is 2.74. The standard InChI is InChI=1S/C14H21N3O3S/c1-8(11(18)19)9-5-17(6-9)13(20)16-12-15-10(7-21-12)14(2,3)4/h7-9H,5-6H2,1-4H3,(H,18,19)(H,15,16,20). The van der Waals surface area contributed by atoms with Crippen LogP contribution >= 0.6 is 11.3 Å². The van der Waals surface area contributed by atoms with Crippen molar-refractivity contribution in [3.8, 4) is 0 Å². The minimum absolute atomic E-state index is 0.0367. The van der Waals surface area contributed by atoms with E-state index in [1.54, 1.807) is 11.8 Å². The third-order valence-electron chi connectivity index (χ3n) is 3.78. The van der Waals surface area contributed by atoms with E-state index in [0.29, 0.717) is 18.2 Å². The number of carboxylic acids is 1. The summed E-state index contributed by atoms with van der Waals surface area (Å²) in [6.45, 7) is 8.86. The van der Waals surface area contributed by atoms with Crippen LogP contribution in [0.3, 0.4) is 0 Å². The average molecular weight is 311 g/mol. The monoisotopic (exact) mass is 311 g/mol. The normalized spacial score (nSPS) is 17.2. The van der Waals surface area contributed by atoms with Gasteiger partial charge in [-0.05, 0) is 0 Å². The molecular weight excluding hydrogens is 290 g/mol. The molecule has 6 nitrogen and oxygen atoms in total. The van der Waals surface area contributed by atoms with Gasteiger partial charge in [0.05, 0.1) is 11.6 Å². The number of nitrogens with zero attached hydrogens (tertiary/aromatic N) is 2. The highest BCUT2D eigenvalue weighted by molar-refractivity contribution is 7.13. The van der Waals surface area contributed by atoms with Gasteiger partial charge in [-0.25, -0.2) is 9.78 Å². The number of aromatic nitrogens is 1. The number of nitrogens with one attached hydrogen (secondary N) is 1. The molecule has 7 heteroatoms. The molecule has 2 heterocycles. The van der Waals surface area contributed by atoms with Crippen molar-refractivity contribution in [2.45, 2.75) is 33.1 Å². The summed E-state index contributed by atoms with van der Waals surface area (Å²) >= 11 is 1.40. The predicted molar refractivity (Wildman–Crippen MR) is 81.7 cm³/mol. The number of hydrogen-bond acceptors (Lipinski definition) is 4. The highest BCUT2D eigenvalue weighted by atomic mass is 32.1. The number of aliphatic carboxylic acids is 1. The summed E-state index contributed by atoms with van der Waals surface area (Å²) in [6, 6.07) is -0.210. The Morgan fingerprint density at radius 2 is 2.10 bits per heavy atom. The zero-order chi connectivity index (χ0) is 15.8. The summed E-state index contributed by atoms with van der Waals surface area (Å²) < 4.78 is 0. The zero-order valence-electron chi connectivity index (χ0n) is 12.7. The number of likely N-dealkylation sites (tertiary alicyclic amines) is 1. The van der Waals surface area contributed by atoms with Crippen molar-refractivity contribution in [3.05, 3.63) is 11.1 Å². The van der Waals surface area contributed by atoms with Crippen LogP contribution in [0.1, 0.15) is 33.4 Å². The molecule has 1 aromatic heterocycles. The Hall–Kier alpha value is -1.63. The molecule has 2 amide bonds. The SMILES string of the molecule is CC(C(=O)O)C1CN(C(=O)Nc2nc(C(C)(C)C)cs2)C1. The first kappa shape index (κ1) is 15.8. The smallest absolute Gasteiger partial charge is 0.323 e. The molecule has 1 saturated heterocycles. The molecule has 2 N–H and O–H groups in total. The minimum Gasteiger partial charge on any atom is -0.481 e. The van der Waals surface area contributed by atoms with E-state index in [9.17, 15) is 9.59 Å². The van der Waals surface area contributed by atoms with Gasteiger partial charge in [-0.2, -0.15) is 0 Å². The zero-order valence-corrected chi connectivity index (χ0v) is 13.5. The van der Waals surface area contributed by atoms with Crippen LogP contribution in [0.2, 0.25) is 0 Å². The third kappa shape index (κ3) is 3.53. The summed E-state index contributed by atoms with van der Waals surface area (Å²) in [5, 5.41) is 14.2. The molecule has 1 aliphatic rings. The number of anilines is 1. The summed E-state index contributed by atoms with van der Waals surface area (Å²) in [6.07, 6.45) is 0. The van der Waals surface area contributed by atoms with Gasteiger partial charge < -0.3 is 10.0 Å². The van der Waals surface area contributed by atoms with Crippen LogP contribution in [0.5, 0.6) is 0 Å². The highest BCUT2D eigenvalue weighted by Gasteiger charge is 2.37. The Kier molecular flexibility index (Phi) is 4.22. The van der Waals surface area contributed by atoms with E-state index in [2.05, 4.69) is 31.1 Å². The lowest BCUT2D eigenvalue weighted by Gasteiger charge is -2.40. The Morgan fingerprint density at radius 1 is 1.48 bits per heavy atom. The predicted octanol–water partition coefficient (Wildman–Crippen LogP) is 2.63. The molecule has 21 heavy (non-hydrogen) atoms. The Balaban J connectivity index is 1.87. The van der Waals surface area contributed by atoms with Gasteiger partial charge in [0.1, 0.15) is 0 Å². The van der Waals surface area contributed by atoms with Crippen LogP contribution in [0, 0.1) is 11.8 Å². The summed E-state index contributed by atoms with van der Waals surface area (Å²) in [4.78, 5) is 28.9. The van der Waals surface area contributed by atoms with E-state index < -0.39 is 11.9 Å². The third-order valence-corrected chi connectivity index (χ3v) is 4.54. The molecule has 0 saturated carbocycles. The highest BCUT2D eigenvalue weighted by Crippen LogP contribution is 2.28. The molecule has 2 rings (SSSR count). The number of hydrogen-bond donors (Lipinski definition) is 2. The van der Waals surface area contributed by atoms with Crippen LogP contribution in [0.15, 0.2) is 5.38 Å². The Morgan fingerprint density at radius 3 is 2.57 bits per heavy atom. The molecule has 0 radical (unpaired) electrons. The number of rotatable bonds is 3. The lowest BCUT2D eigenvalue weighted by atomic mass is 9.87. The molecule has 0 spiro atoms. The van der Waals surface area contributed by atoms with Gasteiger partial charge >= 0.3 is 12.0 Å².